The Bertz CT molecular complexity index is 513. The summed E-state index contributed by atoms with van der Waals surface area (Å²) in [5.41, 5.74) is 0.823. The molecule has 1 aromatic heterocycles. The summed E-state index contributed by atoms with van der Waals surface area (Å²) in [6, 6.07) is 7.61. The fourth-order valence-corrected chi connectivity index (χ4v) is 2.17. The Hall–Kier alpha value is -1.49. The predicted octanol–water partition coefficient (Wildman–Crippen LogP) is 3.64. The zero-order valence-corrected chi connectivity index (χ0v) is 11.5. The van der Waals surface area contributed by atoms with Gasteiger partial charge in [0.15, 0.2) is 0 Å². The van der Waals surface area contributed by atoms with Gasteiger partial charge in [-0.1, -0.05) is 37.7 Å². The van der Waals surface area contributed by atoms with Crippen molar-refractivity contribution in [3.8, 4) is 17.2 Å². The zero-order valence-electron chi connectivity index (χ0n) is 10.7. The molecule has 4 nitrogen and oxygen atoms in total. The molecular weight excluding hydrogens is 248 g/mol. The third-order valence-corrected chi connectivity index (χ3v) is 3.72. The second-order valence-corrected chi connectivity index (χ2v) is 5.30. The molecule has 0 radical (unpaired) electrons. The highest BCUT2D eigenvalue weighted by molar-refractivity contribution is 7.99. The second kappa shape index (κ2) is 5.91. The van der Waals surface area contributed by atoms with Crippen LogP contribution in [0.25, 0.3) is 11.5 Å². The Labute approximate surface area is 111 Å². The highest BCUT2D eigenvalue weighted by Crippen LogP contribution is 2.31. The van der Waals surface area contributed by atoms with Crippen LogP contribution in [-0.4, -0.2) is 22.6 Å². The first-order valence-electron chi connectivity index (χ1n) is 5.88. The second-order valence-electron chi connectivity index (χ2n) is 3.91. The van der Waals surface area contributed by atoms with Crippen molar-refractivity contribution < 1.29 is 9.15 Å². The summed E-state index contributed by atoms with van der Waals surface area (Å²) >= 11 is 1.59. The van der Waals surface area contributed by atoms with Crippen LogP contribution in [0.3, 0.4) is 0 Å². The van der Waals surface area contributed by atoms with Gasteiger partial charge in [-0.25, -0.2) is 0 Å². The summed E-state index contributed by atoms with van der Waals surface area (Å²) in [4.78, 5) is 0. The van der Waals surface area contributed by atoms with Gasteiger partial charge in [-0.05, 0) is 18.6 Å². The lowest BCUT2D eigenvalue weighted by Gasteiger charge is -2.04. The lowest BCUT2D eigenvalue weighted by atomic mass is 10.2. The Morgan fingerprint density at radius 1 is 1.33 bits per heavy atom. The third kappa shape index (κ3) is 2.85. The van der Waals surface area contributed by atoms with Crippen LogP contribution in [0, 0.1) is 0 Å². The van der Waals surface area contributed by atoms with Crippen molar-refractivity contribution in [3.63, 3.8) is 0 Å². The summed E-state index contributed by atoms with van der Waals surface area (Å²) in [7, 11) is 1.63. The predicted molar refractivity (Wildman–Crippen MR) is 71.9 cm³/mol. The van der Waals surface area contributed by atoms with E-state index in [0.717, 1.165) is 17.7 Å². The van der Waals surface area contributed by atoms with Gasteiger partial charge in [-0.2, -0.15) is 0 Å². The topological polar surface area (TPSA) is 48.2 Å². The van der Waals surface area contributed by atoms with E-state index in [4.69, 9.17) is 9.15 Å². The normalized spacial score (nSPS) is 12.4. The number of ether oxygens (including phenoxy) is 1. The minimum absolute atomic E-state index is 0.468. The molecule has 1 heterocycles. The number of hydrogen-bond acceptors (Lipinski definition) is 5. The Kier molecular flexibility index (Phi) is 4.25. The molecule has 2 aromatic rings. The van der Waals surface area contributed by atoms with E-state index in [9.17, 15) is 0 Å². The molecule has 5 heteroatoms. The van der Waals surface area contributed by atoms with Crippen LogP contribution in [0.15, 0.2) is 33.9 Å². The molecule has 0 amide bonds. The van der Waals surface area contributed by atoms with Crippen LogP contribution in [0.1, 0.15) is 20.3 Å². The zero-order chi connectivity index (χ0) is 13.0. The molecule has 96 valence electrons. The van der Waals surface area contributed by atoms with Crippen molar-refractivity contribution in [3.05, 3.63) is 24.3 Å². The lowest BCUT2D eigenvalue weighted by Crippen LogP contribution is -1.91. The average Bonchev–Trinajstić information content (AvgIpc) is 2.86. The van der Waals surface area contributed by atoms with Crippen molar-refractivity contribution in [2.24, 2.45) is 0 Å². The van der Waals surface area contributed by atoms with Crippen molar-refractivity contribution in [1.29, 1.82) is 0 Å². The first-order valence-corrected chi connectivity index (χ1v) is 6.76. The highest BCUT2D eigenvalue weighted by Gasteiger charge is 2.14. The molecule has 0 aliphatic carbocycles. The molecular formula is C13H16N2O2S. The number of para-hydroxylation sites is 1. The Morgan fingerprint density at radius 2 is 2.11 bits per heavy atom. The molecule has 0 bridgehead atoms. The lowest BCUT2D eigenvalue weighted by molar-refractivity contribution is 0.411. The van der Waals surface area contributed by atoms with E-state index in [1.54, 1.807) is 18.9 Å². The maximum Gasteiger partial charge on any atom is 0.277 e. The molecule has 0 N–H and O–H groups in total. The van der Waals surface area contributed by atoms with E-state index in [-0.39, 0.29) is 0 Å². The molecule has 0 fully saturated rings. The highest BCUT2D eigenvalue weighted by atomic mass is 32.2. The summed E-state index contributed by atoms with van der Waals surface area (Å²) < 4.78 is 10.9. The van der Waals surface area contributed by atoms with Gasteiger partial charge in [0.05, 0.1) is 12.7 Å². The number of hydrogen-bond donors (Lipinski definition) is 0. The minimum Gasteiger partial charge on any atom is -0.496 e. The van der Waals surface area contributed by atoms with Crippen LogP contribution in [0.2, 0.25) is 0 Å². The van der Waals surface area contributed by atoms with Gasteiger partial charge in [0, 0.05) is 5.25 Å². The molecule has 0 aliphatic heterocycles. The van der Waals surface area contributed by atoms with Crippen molar-refractivity contribution >= 4 is 11.8 Å². The van der Waals surface area contributed by atoms with Gasteiger partial charge in [0.2, 0.25) is 0 Å². The van der Waals surface area contributed by atoms with E-state index in [0.29, 0.717) is 16.4 Å². The summed E-state index contributed by atoms with van der Waals surface area (Å²) in [6.07, 6.45) is 1.07. The monoisotopic (exact) mass is 264 g/mol. The minimum atomic E-state index is 0.468. The fourth-order valence-electron chi connectivity index (χ4n) is 1.44. The fraction of sp³-hybridized carbons (Fsp3) is 0.385. The van der Waals surface area contributed by atoms with Crippen LogP contribution in [0.5, 0.6) is 5.75 Å². The third-order valence-electron chi connectivity index (χ3n) is 2.62. The van der Waals surface area contributed by atoms with E-state index in [1.165, 1.54) is 0 Å². The molecule has 0 spiro atoms. The summed E-state index contributed by atoms with van der Waals surface area (Å²) in [6.45, 7) is 4.27. The van der Waals surface area contributed by atoms with Crippen molar-refractivity contribution in [1.82, 2.24) is 10.2 Å². The summed E-state index contributed by atoms with van der Waals surface area (Å²) in [5.74, 6) is 1.24. The smallest absolute Gasteiger partial charge is 0.277 e. The van der Waals surface area contributed by atoms with E-state index >= 15 is 0 Å². The first-order chi connectivity index (χ1) is 8.74. The largest absolute Gasteiger partial charge is 0.496 e. The van der Waals surface area contributed by atoms with Gasteiger partial charge in [-0.3, -0.25) is 0 Å². The van der Waals surface area contributed by atoms with E-state index in [2.05, 4.69) is 24.0 Å². The van der Waals surface area contributed by atoms with Gasteiger partial charge < -0.3 is 9.15 Å². The van der Waals surface area contributed by atoms with Crippen LogP contribution < -0.4 is 4.74 Å². The van der Waals surface area contributed by atoms with E-state index < -0.39 is 0 Å². The maximum absolute atomic E-state index is 5.65. The average molecular weight is 264 g/mol. The molecule has 1 atom stereocenters. The quantitative estimate of drug-likeness (QED) is 0.772. The Balaban J connectivity index is 2.24. The van der Waals surface area contributed by atoms with Crippen molar-refractivity contribution in [2.45, 2.75) is 30.7 Å². The molecule has 18 heavy (non-hydrogen) atoms. The molecule has 2 rings (SSSR count). The number of rotatable bonds is 5. The van der Waals surface area contributed by atoms with Crippen molar-refractivity contribution in [2.75, 3.05) is 7.11 Å². The number of methoxy groups -OCH3 is 1. The molecule has 0 aliphatic rings. The number of thioether (sulfide) groups is 1. The molecule has 1 aromatic carbocycles. The van der Waals surface area contributed by atoms with Gasteiger partial charge in [-0.15, -0.1) is 10.2 Å². The SMILES string of the molecule is CCC(C)Sc1nnc(-c2ccccc2OC)o1. The number of nitrogens with zero attached hydrogens (tertiary/aromatic N) is 2. The molecule has 1 unspecified atom stereocenters. The number of benzene rings is 1. The van der Waals surface area contributed by atoms with E-state index in [1.807, 2.05) is 24.3 Å². The first kappa shape index (κ1) is 13.0. The Morgan fingerprint density at radius 3 is 2.83 bits per heavy atom. The van der Waals surface area contributed by atoms with Crippen LogP contribution >= 0.6 is 11.8 Å². The summed E-state index contributed by atoms with van der Waals surface area (Å²) in [5, 5.41) is 9.18. The molecule has 0 saturated heterocycles. The maximum atomic E-state index is 5.65. The molecule has 0 saturated carbocycles. The van der Waals surface area contributed by atoms with Crippen LogP contribution in [-0.2, 0) is 0 Å². The van der Waals surface area contributed by atoms with Gasteiger partial charge in [0.25, 0.3) is 11.1 Å². The standard InChI is InChI=1S/C13H16N2O2S/c1-4-9(2)18-13-15-14-12(17-13)10-7-5-6-8-11(10)16-3/h5-9H,4H2,1-3H3. The number of aromatic nitrogens is 2. The van der Waals surface area contributed by atoms with Gasteiger partial charge in [0.1, 0.15) is 5.75 Å². The van der Waals surface area contributed by atoms with Crippen LogP contribution in [0.4, 0.5) is 0 Å². The van der Waals surface area contributed by atoms with Gasteiger partial charge >= 0.3 is 0 Å².